The van der Waals surface area contributed by atoms with Crippen LogP contribution >= 0.6 is 12.4 Å². The number of nitrogens with one attached hydrogen (secondary N) is 1. The molecule has 0 aliphatic carbocycles. The fourth-order valence-electron chi connectivity index (χ4n) is 2.33. The van der Waals surface area contributed by atoms with E-state index in [2.05, 4.69) is 25.2 Å². The molecule has 0 fully saturated rings. The van der Waals surface area contributed by atoms with E-state index in [1.807, 2.05) is 37.3 Å². The second-order valence-electron chi connectivity index (χ2n) is 5.51. The summed E-state index contributed by atoms with van der Waals surface area (Å²) in [6, 6.07) is 12.0. The van der Waals surface area contributed by atoms with E-state index in [9.17, 15) is 4.79 Å². The third-order valence-corrected chi connectivity index (χ3v) is 3.34. The molecule has 0 aromatic heterocycles. The van der Waals surface area contributed by atoms with Crippen LogP contribution in [0.3, 0.4) is 0 Å². The Morgan fingerprint density at radius 1 is 1.09 bits per heavy atom. The Morgan fingerprint density at radius 3 is 2.30 bits per heavy atom. The SMILES string of the molecule is Cc1cc(C)cc(Oc2ccc(CNC(=O)CN)cc2C)c1.Cl. The molecular formula is C18H23ClN2O2. The van der Waals surface area contributed by atoms with Crippen molar-refractivity contribution in [2.45, 2.75) is 27.3 Å². The van der Waals surface area contributed by atoms with Gasteiger partial charge in [0.2, 0.25) is 5.91 Å². The molecule has 0 aliphatic rings. The van der Waals surface area contributed by atoms with Gasteiger partial charge in [0.05, 0.1) is 6.54 Å². The molecule has 0 bridgehead atoms. The number of aryl methyl sites for hydroxylation is 3. The van der Waals surface area contributed by atoms with Gasteiger partial charge < -0.3 is 15.8 Å². The van der Waals surface area contributed by atoms with Gasteiger partial charge in [0, 0.05) is 6.54 Å². The van der Waals surface area contributed by atoms with E-state index in [1.165, 1.54) is 11.1 Å². The predicted octanol–water partition coefficient (Wildman–Crippen LogP) is 3.40. The van der Waals surface area contributed by atoms with E-state index in [4.69, 9.17) is 10.5 Å². The third-order valence-electron chi connectivity index (χ3n) is 3.34. The number of rotatable bonds is 5. The van der Waals surface area contributed by atoms with Crippen molar-refractivity contribution in [3.8, 4) is 11.5 Å². The Kier molecular flexibility index (Phi) is 7.07. The number of benzene rings is 2. The molecule has 0 radical (unpaired) electrons. The maximum atomic E-state index is 11.2. The van der Waals surface area contributed by atoms with Gasteiger partial charge in [-0.2, -0.15) is 0 Å². The minimum absolute atomic E-state index is 0. The van der Waals surface area contributed by atoms with Gasteiger partial charge in [-0.05, 0) is 61.2 Å². The summed E-state index contributed by atoms with van der Waals surface area (Å²) in [6.07, 6.45) is 0. The Balaban J connectivity index is 0.00000264. The number of carbonyl (C=O) groups excluding carboxylic acids is 1. The maximum absolute atomic E-state index is 11.2. The normalized spacial score (nSPS) is 9.91. The first-order valence-electron chi connectivity index (χ1n) is 7.30. The van der Waals surface area contributed by atoms with E-state index in [-0.39, 0.29) is 24.9 Å². The minimum Gasteiger partial charge on any atom is -0.457 e. The number of carbonyl (C=O) groups is 1. The first-order chi connectivity index (χ1) is 10.5. The molecule has 3 N–H and O–H groups in total. The largest absolute Gasteiger partial charge is 0.457 e. The Labute approximate surface area is 143 Å². The van der Waals surface area contributed by atoms with E-state index in [0.29, 0.717) is 6.54 Å². The fourth-order valence-corrected chi connectivity index (χ4v) is 2.33. The lowest BCUT2D eigenvalue weighted by Gasteiger charge is -2.12. The Hall–Kier alpha value is -2.04. The van der Waals surface area contributed by atoms with E-state index >= 15 is 0 Å². The molecule has 2 aromatic carbocycles. The van der Waals surface area contributed by atoms with Gasteiger partial charge in [0.15, 0.2) is 0 Å². The minimum atomic E-state index is -0.159. The molecular weight excluding hydrogens is 312 g/mol. The lowest BCUT2D eigenvalue weighted by Crippen LogP contribution is -2.29. The Bertz CT molecular complexity index is 666. The monoisotopic (exact) mass is 334 g/mol. The van der Waals surface area contributed by atoms with Gasteiger partial charge in [0.1, 0.15) is 11.5 Å². The van der Waals surface area contributed by atoms with Crippen molar-refractivity contribution in [2.24, 2.45) is 5.73 Å². The summed E-state index contributed by atoms with van der Waals surface area (Å²) in [7, 11) is 0. The molecule has 23 heavy (non-hydrogen) atoms. The number of hydrogen-bond donors (Lipinski definition) is 2. The molecule has 0 saturated carbocycles. The van der Waals surface area contributed by atoms with Crippen LogP contribution in [0, 0.1) is 20.8 Å². The predicted molar refractivity (Wildman–Crippen MR) is 95.3 cm³/mol. The topological polar surface area (TPSA) is 64.3 Å². The van der Waals surface area contributed by atoms with E-state index < -0.39 is 0 Å². The molecule has 4 nitrogen and oxygen atoms in total. The van der Waals surface area contributed by atoms with Crippen LogP contribution in [-0.2, 0) is 11.3 Å². The molecule has 124 valence electrons. The van der Waals surface area contributed by atoms with Gasteiger partial charge in [-0.3, -0.25) is 4.79 Å². The average Bonchev–Trinajstić information content (AvgIpc) is 2.46. The molecule has 0 spiro atoms. The summed E-state index contributed by atoms with van der Waals surface area (Å²) in [6.45, 7) is 6.58. The smallest absolute Gasteiger partial charge is 0.234 e. The Morgan fingerprint density at radius 2 is 1.74 bits per heavy atom. The summed E-state index contributed by atoms with van der Waals surface area (Å²) in [5.41, 5.74) is 9.66. The van der Waals surface area contributed by atoms with Crippen molar-refractivity contribution >= 4 is 18.3 Å². The lowest BCUT2D eigenvalue weighted by molar-refractivity contribution is -0.119. The number of halogens is 1. The van der Waals surface area contributed by atoms with Crippen LogP contribution in [0.4, 0.5) is 0 Å². The zero-order valence-electron chi connectivity index (χ0n) is 13.7. The third kappa shape index (κ3) is 5.58. The van der Waals surface area contributed by atoms with Gasteiger partial charge >= 0.3 is 0 Å². The van der Waals surface area contributed by atoms with Crippen LogP contribution < -0.4 is 15.8 Å². The van der Waals surface area contributed by atoms with Gasteiger partial charge in [-0.25, -0.2) is 0 Å². The quantitative estimate of drug-likeness (QED) is 0.880. The highest BCUT2D eigenvalue weighted by Gasteiger charge is 2.05. The average molecular weight is 335 g/mol. The van der Waals surface area contributed by atoms with Crippen LogP contribution in [0.15, 0.2) is 36.4 Å². The number of nitrogens with two attached hydrogens (primary N) is 1. The van der Waals surface area contributed by atoms with Gasteiger partial charge in [-0.1, -0.05) is 18.2 Å². The first kappa shape index (κ1) is 19.0. The summed E-state index contributed by atoms with van der Waals surface area (Å²) in [5.74, 6) is 1.50. The van der Waals surface area contributed by atoms with Crippen molar-refractivity contribution in [1.82, 2.24) is 5.32 Å². The van der Waals surface area contributed by atoms with Crippen molar-refractivity contribution < 1.29 is 9.53 Å². The van der Waals surface area contributed by atoms with Crippen LogP contribution in [0.5, 0.6) is 11.5 Å². The van der Waals surface area contributed by atoms with Crippen LogP contribution in [0.2, 0.25) is 0 Å². The van der Waals surface area contributed by atoms with Crippen molar-refractivity contribution in [3.05, 3.63) is 58.7 Å². The van der Waals surface area contributed by atoms with E-state index in [1.54, 1.807) is 0 Å². The molecule has 0 atom stereocenters. The van der Waals surface area contributed by atoms with E-state index in [0.717, 1.165) is 22.6 Å². The van der Waals surface area contributed by atoms with Gasteiger partial charge in [-0.15, -0.1) is 12.4 Å². The van der Waals surface area contributed by atoms with Crippen molar-refractivity contribution in [2.75, 3.05) is 6.54 Å². The zero-order valence-corrected chi connectivity index (χ0v) is 14.5. The summed E-state index contributed by atoms with van der Waals surface area (Å²) < 4.78 is 5.97. The number of ether oxygens (including phenoxy) is 1. The molecule has 0 aliphatic heterocycles. The molecule has 2 rings (SSSR count). The number of amides is 1. The van der Waals surface area contributed by atoms with Crippen LogP contribution in [-0.4, -0.2) is 12.5 Å². The summed E-state index contributed by atoms with van der Waals surface area (Å²) >= 11 is 0. The fraction of sp³-hybridized carbons (Fsp3) is 0.278. The molecule has 1 amide bonds. The number of hydrogen-bond acceptors (Lipinski definition) is 3. The van der Waals surface area contributed by atoms with Gasteiger partial charge in [0.25, 0.3) is 0 Å². The molecule has 0 saturated heterocycles. The molecule has 2 aromatic rings. The van der Waals surface area contributed by atoms with Crippen molar-refractivity contribution in [3.63, 3.8) is 0 Å². The second-order valence-corrected chi connectivity index (χ2v) is 5.51. The first-order valence-corrected chi connectivity index (χ1v) is 7.30. The van der Waals surface area contributed by atoms with Crippen LogP contribution in [0.1, 0.15) is 22.3 Å². The second kappa shape index (κ2) is 8.56. The zero-order chi connectivity index (χ0) is 16.1. The molecule has 0 heterocycles. The highest BCUT2D eigenvalue weighted by Crippen LogP contribution is 2.27. The highest BCUT2D eigenvalue weighted by atomic mass is 35.5. The van der Waals surface area contributed by atoms with Crippen LogP contribution in [0.25, 0.3) is 0 Å². The highest BCUT2D eigenvalue weighted by molar-refractivity contribution is 5.85. The lowest BCUT2D eigenvalue weighted by atomic mass is 10.1. The molecule has 5 heteroatoms. The van der Waals surface area contributed by atoms with Crippen molar-refractivity contribution in [1.29, 1.82) is 0 Å². The summed E-state index contributed by atoms with van der Waals surface area (Å²) in [4.78, 5) is 11.2. The standard InChI is InChI=1S/C18H22N2O2.ClH/c1-12-6-13(2)8-16(7-12)22-17-5-4-15(9-14(17)3)11-20-18(21)10-19;/h4-9H,10-11,19H2,1-3H3,(H,20,21);1H. The summed E-state index contributed by atoms with van der Waals surface area (Å²) in [5, 5.41) is 2.76. The molecule has 0 unspecified atom stereocenters. The maximum Gasteiger partial charge on any atom is 0.234 e.